The van der Waals surface area contributed by atoms with Crippen molar-refractivity contribution in [3.63, 3.8) is 0 Å². The summed E-state index contributed by atoms with van der Waals surface area (Å²) in [5.41, 5.74) is 2.53. The first-order valence-corrected chi connectivity index (χ1v) is 7.98. The molecule has 0 fully saturated rings. The summed E-state index contributed by atoms with van der Waals surface area (Å²) in [7, 11) is 0. The molecule has 2 aromatic carbocycles. The molecule has 0 unspecified atom stereocenters. The summed E-state index contributed by atoms with van der Waals surface area (Å²) < 4.78 is 5.08. The quantitative estimate of drug-likeness (QED) is 0.721. The van der Waals surface area contributed by atoms with E-state index in [1.165, 1.54) is 0 Å². The number of fused-ring (bicyclic) bond motifs is 1. The normalized spacial score (nSPS) is 10.8. The number of benzene rings is 2. The summed E-state index contributed by atoms with van der Waals surface area (Å²) in [5.74, 6) is -0.633. The molecule has 24 heavy (non-hydrogen) atoms. The zero-order valence-corrected chi connectivity index (χ0v) is 14.1. The Labute approximate surface area is 144 Å². The summed E-state index contributed by atoms with van der Waals surface area (Å²) in [6.07, 6.45) is 0. The molecule has 0 bridgehead atoms. The van der Waals surface area contributed by atoms with Gasteiger partial charge in [0, 0.05) is 16.0 Å². The smallest absolute Gasteiger partial charge is 0.344 e. The van der Waals surface area contributed by atoms with E-state index in [9.17, 15) is 9.59 Å². The molecule has 0 radical (unpaired) electrons. The third-order valence-corrected chi connectivity index (χ3v) is 4.03. The molecule has 0 aliphatic rings. The zero-order valence-electron chi connectivity index (χ0n) is 13.4. The highest BCUT2D eigenvalue weighted by molar-refractivity contribution is 6.31. The van der Waals surface area contributed by atoms with Crippen molar-refractivity contribution in [3.05, 3.63) is 69.0 Å². The molecule has 0 amide bonds. The van der Waals surface area contributed by atoms with Gasteiger partial charge in [0.25, 0.3) is 5.56 Å². The van der Waals surface area contributed by atoms with Crippen LogP contribution in [0.15, 0.2) is 47.3 Å². The fourth-order valence-electron chi connectivity index (χ4n) is 2.69. The number of aryl methyl sites for hydroxylation is 1. The van der Waals surface area contributed by atoms with Crippen LogP contribution in [0.3, 0.4) is 0 Å². The number of hydrogen-bond donors (Lipinski definition) is 1. The first-order valence-electron chi connectivity index (χ1n) is 7.61. The van der Waals surface area contributed by atoms with Gasteiger partial charge in [-0.2, -0.15) is 0 Å². The molecule has 122 valence electrons. The van der Waals surface area contributed by atoms with Crippen LogP contribution in [0.4, 0.5) is 0 Å². The Hall–Kier alpha value is -2.59. The Morgan fingerprint density at radius 2 is 1.88 bits per heavy atom. The Balaban J connectivity index is 2.40. The average Bonchev–Trinajstić information content (AvgIpc) is 2.54. The van der Waals surface area contributed by atoms with E-state index in [0.717, 1.165) is 16.5 Å². The lowest BCUT2D eigenvalue weighted by molar-refractivity contribution is 0.0525. The van der Waals surface area contributed by atoms with Crippen molar-refractivity contribution in [1.82, 2.24) is 4.98 Å². The van der Waals surface area contributed by atoms with Gasteiger partial charge in [-0.3, -0.25) is 4.79 Å². The van der Waals surface area contributed by atoms with Crippen molar-refractivity contribution in [2.24, 2.45) is 0 Å². The Kier molecular flexibility index (Phi) is 4.40. The molecule has 0 saturated carbocycles. The van der Waals surface area contributed by atoms with Gasteiger partial charge in [0.2, 0.25) is 0 Å². The van der Waals surface area contributed by atoms with Crippen LogP contribution in [-0.4, -0.2) is 17.6 Å². The molecule has 1 aromatic heterocycles. The number of carbonyl (C=O) groups is 1. The van der Waals surface area contributed by atoms with Gasteiger partial charge in [-0.25, -0.2) is 4.79 Å². The van der Waals surface area contributed by atoms with Crippen molar-refractivity contribution >= 4 is 28.5 Å². The predicted octanol–water partition coefficient (Wildman–Crippen LogP) is 4.33. The molecule has 0 aliphatic carbocycles. The lowest BCUT2D eigenvalue weighted by atomic mass is 9.95. The molecule has 3 aromatic rings. The first-order chi connectivity index (χ1) is 11.5. The lowest BCUT2D eigenvalue weighted by Gasteiger charge is -2.12. The van der Waals surface area contributed by atoms with Gasteiger partial charge in [-0.1, -0.05) is 47.5 Å². The summed E-state index contributed by atoms with van der Waals surface area (Å²) in [4.78, 5) is 27.6. The number of pyridine rings is 1. The van der Waals surface area contributed by atoms with Gasteiger partial charge in [-0.05, 0) is 31.5 Å². The number of H-pyrrole nitrogens is 1. The van der Waals surface area contributed by atoms with Crippen molar-refractivity contribution < 1.29 is 9.53 Å². The molecular formula is C19H16ClNO3. The van der Waals surface area contributed by atoms with Crippen LogP contribution in [0.25, 0.3) is 22.0 Å². The first kappa shape index (κ1) is 16.3. The van der Waals surface area contributed by atoms with Gasteiger partial charge < -0.3 is 9.72 Å². The van der Waals surface area contributed by atoms with Gasteiger partial charge in [0.15, 0.2) is 0 Å². The summed E-state index contributed by atoms with van der Waals surface area (Å²) in [5, 5.41) is 1.25. The monoisotopic (exact) mass is 341 g/mol. The predicted molar refractivity (Wildman–Crippen MR) is 95.7 cm³/mol. The molecule has 0 spiro atoms. The molecule has 1 heterocycles. The Morgan fingerprint density at radius 3 is 2.54 bits per heavy atom. The third kappa shape index (κ3) is 2.93. The van der Waals surface area contributed by atoms with Crippen LogP contribution in [0, 0.1) is 6.92 Å². The van der Waals surface area contributed by atoms with E-state index in [-0.39, 0.29) is 12.2 Å². The second-order valence-corrected chi connectivity index (χ2v) is 5.92. The van der Waals surface area contributed by atoms with Crippen LogP contribution in [0.1, 0.15) is 22.8 Å². The fraction of sp³-hybridized carbons (Fsp3) is 0.158. The molecule has 0 saturated heterocycles. The maximum atomic E-state index is 12.5. The van der Waals surface area contributed by atoms with Gasteiger partial charge >= 0.3 is 5.97 Å². The highest BCUT2D eigenvalue weighted by atomic mass is 35.5. The van der Waals surface area contributed by atoms with E-state index >= 15 is 0 Å². The zero-order chi connectivity index (χ0) is 17.3. The SMILES string of the molecule is CCOC(=O)c1c(-c2ccc(C)cc2)c2ccc(Cl)cc2[nH]c1=O. The maximum Gasteiger partial charge on any atom is 0.344 e. The van der Waals surface area contributed by atoms with E-state index in [4.69, 9.17) is 16.3 Å². The molecule has 3 rings (SSSR count). The number of esters is 1. The second-order valence-electron chi connectivity index (χ2n) is 5.48. The van der Waals surface area contributed by atoms with E-state index in [1.54, 1.807) is 25.1 Å². The van der Waals surface area contributed by atoms with Crippen LogP contribution >= 0.6 is 11.6 Å². The minimum absolute atomic E-state index is 0.00975. The largest absolute Gasteiger partial charge is 0.462 e. The molecule has 0 aliphatic heterocycles. The van der Waals surface area contributed by atoms with Crippen LogP contribution < -0.4 is 5.56 Å². The van der Waals surface area contributed by atoms with E-state index in [0.29, 0.717) is 16.1 Å². The second kappa shape index (κ2) is 6.49. The Morgan fingerprint density at radius 1 is 1.17 bits per heavy atom. The van der Waals surface area contributed by atoms with Crippen LogP contribution in [0.5, 0.6) is 0 Å². The topological polar surface area (TPSA) is 59.2 Å². The van der Waals surface area contributed by atoms with Crippen molar-refractivity contribution in [2.75, 3.05) is 6.61 Å². The lowest BCUT2D eigenvalue weighted by Crippen LogP contribution is -2.21. The van der Waals surface area contributed by atoms with Crippen molar-refractivity contribution in [3.8, 4) is 11.1 Å². The van der Waals surface area contributed by atoms with Crippen LogP contribution in [0.2, 0.25) is 5.02 Å². The number of ether oxygens (including phenoxy) is 1. The van der Waals surface area contributed by atoms with Gasteiger partial charge in [0.1, 0.15) is 5.56 Å². The number of hydrogen-bond acceptors (Lipinski definition) is 3. The molecule has 5 heteroatoms. The molecule has 1 N–H and O–H groups in total. The third-order valence-electron chi connectivity index (χ3n) is 3.80. The minimum Gasteiger partial charge on any atom is -0.462 e. The standard InChI is InChI=1S/C19H16ClNO3/c1-3-24-19(23)17-16(12-6-4-11(2)5-7-12)14-9-8-13(20)10-15(14)21-18(17)22/h4-10H,3H2,1-2H3,(H,21,22). The maximum absolute atomic E-state index is 12.5. The van der Waals surface area contributed by atoms with E-state index in [2.05, 4.69) is 4.98 Å². The summed E-state index contributed by atoms with van der Waals surface area (Å²) in [6, 6.07) is 12.9. The van der Waals surface area contributed by atoms with Gasteiger partial charge in [-0.15, -0.1) is 0 Å². The van der Waals surface area contributed by atoms with E-state index < -0.39 is 11.5 Å². The minimum atomic E-state index is -0.633. The van der Waals surface area contributed by atoms with E-state index in [1.807, 2.05) is 31.2 Å². The number of carbonyl (C=O) groups excluding carboxylic acids is 1. The Bertz CT molecular complexity index is 974. The number of rotatable bonds is 3. The molecule has 4 nitrogen and oxygen atoms in total. The fourth-order valence-corrected chi connectivity index (χ4v) is 2.86. The van der Waals surface area contributed by atoms with Crippen molar-refractivity contribution in [2.45, 2.75) is 13.8 Å². The van der Waals surface area contributed by atoms with Crippen molar-refractivity contribution in [1.29, 1.82) is 0 Å². The highest BCUT2D eigenvalue weighted by Gasteiger charge is 2.21. The molecular weight excluding hydrogens is 326 g/mol. The van der Waals surface area contributed by atoms with Gasteiger partial charge in [0.05, 0.1) is 12.1 Å². The highest BCUT2D eigenvalue weighted by Crippen LogP contribution is 2.31. The van der Waals surface area contributed by atoms with Crippen LogP contribution in [-0.2, 0) is 4.74 Å². The molecule has 0 atom stereocenters. The number of aromatic amines is 1. The number of halogens is 1. The average molecular weight is 342 g/mol. The number of nitrogens with one attached hydrogen (secondary N) is 1. The summed E-state index contributed by atoms with van der Waals surface area (Å²) >= 11 is 6.03. The number of aromatic nitrogens is 1. The summed E-state index contributed by atoms with van der Waals surface area (Å²) in [6.45, 7) is 3.88.